The molecule has 1 atom stereocenters. The van der Waals surface area contributed by atoms with Crippen LogP contribution in [0.3, 0.4) is 0 Å². The number of piperazine rings is 1. The van der Waals surface area contributed by atoms with Crippen LogP contribution in [0, 0.1) is 0 Å². The molecule has 6 nitrogen and oxygen atoms in total. The molecule has 4 rings (SSSR count). The second-order valence-corrected chi connectivity index (χ2v) is 9.53. The van der Waals surface area contributed by atoms with Gasteiger partial charge in [0.2, 0.25) is 0 Å². The standard InChI is InChI=1S/C22H33N3O3S/c1-2-28-22(27)24-13-11-23(12-14-24)18-8-6-10-25(16-18)21(26)20-15-17-7-4-3-5-9-19(17)29-20/h15,18H,2-14,16H2,1H3. The Morgan fingerprint density at radius 2 is 1.83 bits per heavy atom. The van der Waals surface area contributed by atoms with E-state index in [0.29, 0.717) is 25.7 Å². The Morgan fingerprint density at radius 1 is 1.03 bits per heavy atom. The predicted molar refractivity (Wildman–Crippen MR) is 115 cm³/mol. The van der Waals surface area contributed by atoms with Gasteiger partial charge in [0, 0.05) is 50.2 Å². The zero-order valence-electron chi connectivity index (χ0n) is 17.5. The van der Waals surface area contributed by atoms with Gasteiger partial charge in [-0.25, -0.2) is 4.79 Å². The van der Waals surface area contributed by atoms with Gasteiger partial charge < -0.3 is 14.5 Å². The van der Waals surface area contributed by atoms with Crippen molar-refractivity contribution < 1.29 is 14.3 Å². The van der Waals surface area contributed by atoms with Crippen molar-refractivity contribution in [1.29, 1.82) is 0 Å². The first kappa shape index (κ1) is 20.7. The highest BCUT2D eigenvalue weighted by Gasteiger charge is 2.32. The van der Waals surface area contributed by atoms with Gasteiger partial charge in [-0.05, 0) is 57.1 Å². The van der Waals surface area contributed by atoms with Gasteiger partial charge in [0.05, 0.1) is 11.5 Å². The van der Waals surface area contributed by atoms with Crippen LogP contribution in [-0.2, 0) is 17.6 Å². The Morgan fingerprint density at radius 3 is 2.62 bits per heavy atom. The molecule has 0 spiro atoms. The smallest absolute Gasteiger partial charge is 0.409 e. The molecule has 0 saturated carbocycles. The van der Waals surface area contributed by atoms with Crippen LogP contribution in [-0.4, -0.2) is 78.6 Å². The van der Waals surface area contributed by atoms with Crippen molar-refractivity contribution in [3.05, 3.63) is 21.4 Å². The monoisotopic (exact) mass is 419 g/mol. The fraction of sp³-hybridized carbons (Fsp3) is 0.727. The van der Waals surface area contributed by atoms with Crippen molar-refractivity contribution in [2.45, 2.75) is 57.9 Å². The number of amides is 2. The molecule has 1 aromatic heterocycles. The van der Waals surface area contributed by atoms with Crippen molar-refractivity contribution >= 4 is 23.3 Å². The first-order valence-electron chi connectivity index (χ1n) is 11.2. The summed E-state index contributed by atoms with van der Waals surface area (Å²) in [4.78, 5) is 33.8. The highest BCUT2D eigenvalue weighted by Crippen LogP contribution is 2.30. The van der Waals surface area contributed by atoms with Gasteiger partial charge in [-0.2, -0.15) is 0 Å². The second kappa shape index (κ2) is 9.47. The lowest BCUT2D eigenvalue weighted by atomic mass is 10.0. The number of likely N-dealkylation sites (tertiary alicyclic amines) is 1. The molecule has 3 aliphatic rings. The van der Waals surface area contributed by atoms with E-state index in [-0.39, 0.29) is 12.0 Å². The summed E-state index contributed by atoms with van der Waals surface area (Å²) in [6.45, 7) is 7.07. The van der Waals surface area contributed by atoms with Crippen molar-refractivity contribution in [2.75, 3.05) is 45.9 Å². The van der Waals surface area contributed by atoms with Crippen molar-refractivity contribution in [3.8, 4) is 0 Å². The molecule has 3 heterocycles. The quantitative estimate of drug-likeness (QED) is 0.705. The molecule has 2 fully saturated rings. The third-order valence-electron chi connectivity index (χ3n) is 6.50. The number of nitrogens with zero attached hydrogens (tertiary/aromatic N) is 3. The number of hydrogen-bond donors (Lipinski definition) is 0. The number of aryl methyl sites for hydroxylation is 2. The van der Waals surface area contributed by atoms with E-state index in [1.54, 1.807) is 16.2 Å². The number of thiophene rings is 1. The topological polar surface area (TPSA) is 53.1 Å². The molecule has 0 aromatic carbocycles. The number of hydrogen-bond acceptors (Lipinski definition) is 5. The van der Waals surface area contributed by atoms with Crippen molar-refractivity contribution in [1.82, 2.24) is 14.7 Å². The lowest BCUT2D eigenvalue weighted by Gasteiger charge is -2.43. The molecule has 160 valence electrons. The van der Waals surface area contributed by atoms with E-state index < -0.39 is 0 Å². The molecule has 1 aromatic rings. The molecule has 0 bridgehead atoms. The lowest BCUT2D eigenvalue weighted by molar-refractivity contribution is 0.0380. The summed E-state index contributed by atoms with van der Waals surface area (Å²) in [5.41, 5.74) is 1.42. The minimum absolute atomic E-state index is 0.204. The van der Waals surface area contributed by atoms with E-state index in [4.69, 9.17) is 4.74 Å². The van der Waals surface area contributed by atoms with Gasteiger partial charge in [0.1, 0.15) is 0 Å². The highest BCUT2D eigenvalue weighted by molar-refractivity contribution is 7.14. The van der Waals surface area contributed by atoms with E-state index in [2.05, 4.69) is 15.9 Å². The van der Waals surface area contributed by atoms with E-state index in [9.17, 15) is 9.59 Å². The predicted octanol–water partition coefficient (Wildman–Crippen LogP) is 3.40. The second-order valence-electron chi connectivity index (χ2n) is 8.39. The highest BCUT2D eigenvalue weighted by atomic mass is 32.1. The third kappa shape index (κ3) is 4.77. The van der Waals surface area contributed by atoms with E-state index in [1.807, 2.05) is 6.92 Å². The van der Waals surface area contributed by atoms with E-state index in [0.717, 1.165) is 56.7 Å². The number of carbonyl (C=O) groups is 2. The zero-order chi connectivity index (χ0) is 20.2. The van der Waals surface area contributed by atoms with Crippen LogP contribution < -0.4 is 0 Å². The molecule has 2 amide bonds. The van der Waals surface area contributed by atoms with Crippen molar-refractivity contribution in [2.24, 2.45) is 0 Å². The van der Waals surface area contributed by atoms with Gasteiger partial charge in [-0.1, -0.05) is 6.42 Å². The van der Waals surface area contributed by atoms with Gasteiger partial charge in [0.25, 0.3) is 5.91 Å². The van der Waals surface area contributed by atoms with Crippen LogP contribution in [0.15, 0.2) is 6.07 Å². The molecule has 0 radical (unpaired) electrons. The van der Waals surface area contributed by atoms with E-state index >= 15 is 0 Å². The summed E-state index contributed by atoms with van der Waals surface area (Å²) in [5.74, 6) is 0.220. The molecule has 7 heteroatoms. The maximum atomic E-state index is 13.2. The SMILES string of the molecule is CCOC(=O)N1CCN(C2CCCN(C(=O)c3cc4c(s3)CCCCC4)C2)CC1. The average Bonchev–Trinajstić information content (AvgIpc) is 3.04. The Kier molecular flexibility index (Phi) is 6.75. The van der Waals surface area contributed by atoms with Crippen LogP contribution >= 0.6 is 11.3 Å². The molecule has 1 unspecified atom stereocenters. The first-order chi connectivity index (χ1) is 14.2. The van der Waals surface area contributed by atoms with Crippen LogP contribution in [0.1, 0.15) is 59.1 Å². The fourth-order valence-corrected chi connectivity index (χ4v) is 6.07. The minimum Gasteiger partial charge on any atom is -0.450 e. The van der Waals surface area contributed by atoms with Crippen LogP contribution in [0.25, 0.3) is 0 Å². The maximum Gasteiger partial charge on any atom is 0.409 e. The molecule has 1 aliphatic carbocycles. The number of piperidine rings is 1. The molecule has 29 heavy (non-hydrogen) atoms. The first-order valence-corrected chi connectivity index (χ1v) is 12.0. The van der Waals surface area contributed by atoms with Crippen molar-refractivity contribution in [3.63, 3.8) is 0 Å². The Labute approximate surface area is 177 Å². The van der Waals surface area contributed by atoms with Gasteiger partial charge in [-0.15, -0.1) is 11.3 Å². The number of rotatable bonds is 3. The molecular weight excluding hydrogens is 386 g/mol. The Hall–Kier alpha value is -1.60. The summed E-state index contributed by atoms with van der Waals surface area (Å²) >= 11 is 1.73. The molecule has 2 aliphatic heterocycles. The summed E-state index contributed by atoms with van der Waals surface area (Å²) in [6, 6.07) is 2.57. The van der Waals surface area contributed by atoms with Crippen LogP contribution in [0.2, 0.25) is 0 Å². The zero-order valence-corrected chi connectivity index (χ0v) is 18.3. The number of fused-ring (bicyclic) bond motifs is 1. The number of ether oxygens (including phenoxy) is 1. The normalized spacial score (nSPS) is 23.4. The summed E-state index contributed by atoms with van der Waals surface area (Å²) in [5, 5.41) is 0. The largest absolute Gasteiger partial charge is 0.450 e. The summed E-state index contributed by atoms with van der Waals surface area (Å²) in [7, 11) is 0. The maximum absolute atomic E-state index is 13.2. The molecular formula is C22H33N3O3S. The van der Waals surface area contributed by atoms with Gasteiger partial charge in [0.15, 0.2) is 0 Å². The van der Waals surface area contributed by atoms with Gasteiger partial charge in [-0.3, -0.25) is 9.69 Å². The van der Waals surface area contributed by atoms with E-state index in [1.165, 1.54) is 29.7 Å². The third-order valence-corrected chi connectivity index (χ3v) is 7.72. The van der Waals surface area contributed by atoms with Crippen LogP contribution in [0.5, 0.6) is 0 Å². The Bertz CT molecular complexity index is 703. The Balaban J connectivity index is 1.34. The lowest BCUT2D eigenvalue weighted by Crippen LogP contribution is -2.56. The summed E-state index contributed by atoms with van der Waals surface area (Å²) < 4.78 is 5.12. The van der Waals surface area contributed by atoms with Crippen LogP contribution in [0.4, 0.5) is 4.79 Å². The number of carbonyl (C=O) groups excluding carboxylic acids is 2. The van der Waals surface area contributed by atoms with Gasteiger partial charge >= 0.3 is 6.09 Å². The molecule has 2 saturated heterocycles. The fourth-order valence-electron chi connectivity index (χ4n) is 4.85. The molecule has 0 N–H and O–H groups in total. The average molecular weight is 420 g/mol. The summed E-state index contributed by atoms with van der Waals surface area (Å²) in [6.07, 6.45) is 8.06. The minimum atomic E-state index is -0.204.